The number of aromatic nitrogens is 2. The normalized spacial score (nSPS) is 11.4. The molecule has 1 rings (SSSR count). The van der Waals surface area contributed by atoms with Crippen LogP contribution in [-0.2, 0) is 16.4 Å². The third-order valence-electron chi connectivity index (χ3n) is 2.83. The van der Waals surface area contributed by atoms with Gasteiger partial charge in [-0.1, -0.05) is 13.8 Å². The van der Waals surface area contributed by atoms with Crippen molar-refractivity contribution in [2.24, 2.45) is 0 Å². The van der Waals surface area contributed by atoms with Crippen molar-refractivity contribution in [1.82, 2.24) is 14.7 Å². The molecule has 0 radical (unpaired) electrons. The molecular formula is C13H25N5O2S. The highest BCUT2D eigenvalue weighted by Gasteiger charge is 2.09. The molecule has 0 saturated carbocycles. The van der Waals surface area contributed by atoms with Gasteiger partial charge in [-0.3, -0.25) is 0 Å². The highest BCUT2D eigenvalue weighted by molar-refractivity contribution is 7.88. The van der Waals surface area contributed by atoms with Gasteiger partial charge in [-0.15, -0.1) is 0 Å². The largest absolute Gasteiger partial charge is 0.370 e. The van der Waals surface area contributed by atoms with E-state index in [0.717, 1.165) is 48.7 Å². The summed E-state index contributed by atoms with van der Waals surface area (Å²) in [6.45, 7) is 7.70. The van der Waals surface area contributed by atoms with Crippen molar-refractivity contribution in [3.05, 3.63) is 11.4 Å². The Morgan fingerprint density at radius 1 is 1.00 bits per heavy atom. The number of rotatable bonds is 9. The van der Waals surface area contributed by atoms with Crippen LogP contribution in [0.1, 0.15) is 31.7 Å². The molecule has 0 fully saturated rings. The van der Waals surface area contributed by atoms with Crippen molar-refractivity contribution in [2.75, 3.05) is 36.5 Å². The third kappa shape index (κ3) is 6.26. The molecule has 0 aliphatic heterocycles. The van der Waals surface area contributed by atoms with Gasteiger partial charge in [0.15, 0.2) is 0 Å². The van der Waals surface area contributed by atoms with Gasteiger partial charge < -0.3 is 10.6 Å². The first-order valence-corrected chi connectivity index (χ1v) is 9.06. The van der Waals surface area contributed by atoms with Gasteiger partial charge in [0, 0.05) is 31.6 Å². The van der Waals surface area contributed by atoms with Gasteiger partial charge in [0.25, 0.3) is 0 Å². The molecule has 0 aliphatic rings. The maximum absolute atomic E-state index is 11.0. The third-order valence-corrected chi connectivity index (χ3v) is 3.56. The monoisotopic (exact) mass is 315 g/mol. The van der Waals surface area contributed by atoms with Crippen LogP contribution in [0.5, 0.6) is 0 Å². The van der Waals surface area contributed by atoms with Crippen LogP contribution in [0.4, 0.5) is 11.6 Å². The molecule has 0 aliphatic carbocycles. The Balaban J connectivity index is 2.75. The standard InChI is InChI=1S/C13H25N5O2S/c1-5-7-14-12-10(3)13(18-11(6-2)17-12)15-8-9-16-21(4,19)20/h16H,5-9H2,1-4H3,(H2,14,15,17,18). The predicted octanol–water partition coefficient (Wildman–Crippen LogP) is 1.13. The molecule has 0 atom stereocenters. The lowest BCUT2D eigenvalue weighted by molar-refractivity contribution is 0.589. The molecular weight excluding hydrogens is 290 g/mol. The fourth-order valence-corrected chi connectivity index (χ4v) is 2.20. The van der Waals surface area contributed by atoms with Crippen LogP contribution in [0, 0.1) is 6.92 Å². The number of aryl methyl sites for hydroxylation is 1. The van der Waals surface area contributed by atoms with E-state index in [1.807, 2.05) is 13.8 Å². The van der Waals surface area contributed by atoms with E-state index in [-0.39, 0.29) is 0 Å². The van der Waals surface area contributed by atoms with Gasteiger partial charge in [-0.05, 0) is 13.3 Å². The number of nitrogens with one attached hydrogen (secondary N) is 3. The first kappa shape index (κ1) is 17.6. The lowest BCUT2D eigenvalue weighted by Gasteiger charge is -2.14. The fraction of sp³-hybridized carbons (Fsp3) is 0.692. The summed E-state index contributed by atoms with van der Waals surface area (Å²) in [7, 11) is -3.16. The Morgan fingerprint density at radius 2 is 1.57 bits per heavy atom. The second-order valence-electron chi connectivity index (χ2n) is 4.84. The molecule has 1 aromatic heterocycles. The molecule has 0 amide bonds. The first-order chi connectivity index (χ1) is 9.87. The van der Waals surface area contributed by atoms with Crippen LogP contribution in [0.2, 0.25) is 0 Å². The SMILES string of the molecule is CCCNc1nc(CC)nc(NCCNS(C)(=O)=O)c1C. The quantitative estimate of drug-likeness (QED) is 0.591. The average Bonchev–Trinajstić information content (AvgIpc) is 2.42. The van der Waals surface area contributed by atoms with E-state index in [4.69, 9.17) is 0 Å². The molecule has 3 N–H and O–H groups in total. The van der Waals surface area contributed by atoms with Crippen molar-refractivity contribution in [2.45, 2.75) is 33.6 Å². The molecule has 0 unspecified atom stereocenters. The summed E-state index contributed by atoms with van der Waals surface area (Å²) in [5.74, 6) is 2.34. The van der Waals surface area contributed by atoms with E-state index in [9.17, 15) is 8.42 Å². The number of sulfonamides is 1. The van der Waals surface area contributed by atoms with E-state index >= 15 is 0 Å². The lowest BCUT2D eigenvalue weighted by atomic mass is 10.2. The molecule has 0 spiro atoms. The molecule has 1 heterocycles. The maximum Gasteiger partial charge on any atom is 0.208 e. The Bertz CT molecular complexity index is 560. The van der Waals surface area contributed by atoms with Crippen LogP contribution >= 0.6 is 0 Å². The topological polar surface area (TPSA) is 96.0 Å². The summed E-state index contributed by atoms with van der Waals surface area (Å²) in [6.07, 6.45) is 2.91. The average molecular weight is 315 g/mol. The van der Waals surface area contributed by atoms with Crippen LogP contribution in [0.3, 0.4) is 0 Å². The van der Waals surface area contributed by atoms with Gasteiger partial charge in [0.05, 0.1) is 6.26 Å². The second kappa shape index (κ2) is 8.14. The molecule has 0 aromatic carbocycles. The molecule has 7 nitrogen and oxygen atoms in total. The minimum Gasteiger partial charge on any atom is -0.370 e. The van der Waals surface area contributed by atoms with Gasteiger partial charge in [-0.2, -0.15) is 0 Å². The zero-order valence-corrected chi connectivity index (χ0v) is 14.0. The maximum atomic E-state index is 11.0. The van der Waals surface area contributed by atoms with Crippen molar-refractivity contribution in [3.8, 4) is 0 Å². The van der Waals surface area contributed by atoms with Gasteiger partial charge in [0.1, 0.15) is 17.5 Å². The van der Waals surface area contributed by atoms with Gasteiger partial charge in [0.2, 0.25) is 10.0 Å². The molecule has 0 saturated heterocycles. The Labute approximate surface area is 127 Å². The summed E-state index contributed by atoms with van der Waals surface area (Å²) in [5.41, 5.74) is 0.944. The summed E-state index contributed by atoms with van der Waals surface area (Å²) < 4.78 is 24.5. The predicted molar refractivity (Wildman–Crippen MR) is 86.3 cm³/mol. The smallest absolute Gasteiger partial charge is 0.208 e. The van der Waals surface area contributed by atoms with E-state index in [1.165, 1.54) is 0 Å². The summed E-state index contributed by atoms with van der Waals surface area (Å²) in [5, 5.41) is 6.45. The Kier molecular flexibility index (Phi) is 6.83. The zero-order valence-electron chi connectivity index (χ0n) is 13.2. The molecule has 0 bridgehead atoms. The Hall–Kier alpha value is -1.41. The second-order valence-corrected chi connectivity index (χ2v) is 6.67. The van der Waals surface area contributed by atoms with Gasteiger partial charge in [-0.25, -0.2) is 23.1 Å². The van der Waals surface area contributed by atoms with Crippen LogP contribution < -0.4 is 15.4 Å². The minimum absolute atomic E-state index is 0.321. The number of anilines is 2. The minimum atomic E-state index is -3.16. The molecule has 21 heavy (non-hydrogen) atoms. The van der Waals surface area contributed by atoms with E-state index in [1.54, 1.807) is 0 Å². The number of nitrogens with zero attached hydrogens (tertiary/aromatic N) is 2. The molecule has 8 heteroatoms. The summed E-state index contributed by atoms with van der Waals surface area (Å²) in [4.78, 5) is 8.94. The first-order valence-electron chi connectivity index (χ1n) is 7.17. The van der Waals surface area contributed by atoms with E-state index in [0.29, 0.717) is 13.1 Å². The molecule has 1 aromatic rings. The van der Waals surface area contributed by atoms with Crippen LogP contribution in [0.25, 0.3) is 0 Å². The zero-order chi connectivity index (χ0) is 15.9. The number of hydrogen-bond donors (Lipinski definition) is 3. The van der Waals surface area contributed by atoms with Crippen LogP contribution in [0.15, 0.2) is 0 Å². The highest BCUT2D eigenvalue weighted by atomic mass is 32.2. The van der Waals surface area contributed by atoms with Crippen molar-refractivity contribution in [3.63, 3.8) is 0 Å². The van der Waals surface area contributed by atoms with E-state index < -0.39 is 10.0 Å². The fourth-order valence-electron chi connectivity index (χ4n) is 1.73. The van der Waals surface area contributed by atoms with Crippen molar-refractivity contribution < 1.29 is 8.42 Å². The Morgan fingerprint density at radius 3 is 2.05 bits per heavy atom. The summed E-state index contributed by atoms with van der Waals surface area (Å²) in [6, 6.07) is 0. The number of hydrogen-bond acceptors (Lipinski definition) is 6. The van der Waals surface area contributed by atoms with Crippen molar-refractivity contribution >= 4 is 21.7 Å². The summed E-state index contributed by atoms with van der Waals surface area (Å²) >= 11 is 0. The van der Waals surface area contributed by atoms with Gasteiger partial charge >= 0.3 is 0 Å². The van der Waals surface area contributed by atoms with Crippen LogP contribution in [-0.4, -0.2) is 44.3 Å². The van der Waals surface area contributed by atoms with E-state index in [2.05, 4.69) is 32.2 Å². The highest BCUT2D eigenvalue weighted by Crippen LogP contribution is 2.20. The van der Waals surface area contributed by atoms with Crippen molar-refractivity contribution in [1.29, 1.82) is 0 Å². The molecule has 120 valence electrons. The lowest BCUT2D eigenvalue weighted by Crippen LogP contribution is -2.28.